The van der Waals surface area contributed by atoms with Crippen LogP contribution >= 0.6 is 0 Å². The van der Waals surface area contributed by atoms with Crippen LogP contribution in [0.3, 0.4) is 0 Å². The van der Waals surface area contributed by atoms with E-state index >= 15 is 0 Å². The second-order valence-corrected chi connectivity index (χ2v) is 8.40. The van der Waals surface area contributed by atoms with Crippen molar-refractivity contribution in [2.45, 2.75) is 32.2 Å². The molecule has 9 nitrogen and oxygen atoms in total. The van der Waals surface area contributed by atoms with Gasteiger partial charge < -0.3 is 20.6 Å². The fourth-order valence-corrected chi connectivity index (χ4v) is 4.22. The highest BCUT2D eigenvalue weighted by Gasteiger charge is 2.24. The third-order valence-corrected chi connectivity index (χ3v) is 6.11. The summed E-state index contributed by atoms with van der Waals surface area (Å²) in [6.45, 7) is 3.28. The van der Waals surface area contributed by atoms with E-state index in [4.69, 9.17) is 0 Å². The fourth-order valence-electron chi connectivity index (χ4n) is 4.22. The first kappa shape index (κ1) is 23.2. The molecule has 1 aromatic heterocycles. The molecular weight excluding hydrogens is 434 g/mol. The lowest BCUT2D eigenvalue weighted by molar-refractivity contribution is 0.0790. The van der Waals surface area contributed by atoms with Gasteiger partial charge in [0.25, 0.3) is 17.0 Å². The number of likely N-dealkylation sites (tertiary alicyclic amines) is 1. The first-order chi connectivity index (χ1) is 16.4. The summed E-state index contributed by atoms with van der Waals surface area (Å²) >= 11 is 0. The van der Waals surface area contributed by atoms with Crippen LogP contribution in [0.25, 0.3) is 0 Å². The van der Waals surface area contributed by atoms with Crippen LogP contribution in [0.2, 0.25) is 0 Å². The molecule has 34 heavy (non-hydrogen) atoms. The van der Waals surface area contributed by atoms with Crippen molar-refractivity contribution in [3.05, 3.63) is 80.4 Å². The lowest BCUT2D eigenvalue weighted by Crippen LogP contribution is -2.32. The van der Waals surface area contributed by atoms with E-state index < -0.39 is 11.1 Å². The van der Waals surface area contributed by atoms with Gasteiger partial charge in [-0.2, -0.15) is 0 Å². The molecule has 9 heteroatoms. The average Bonchev–Trinajstić information content (AvgIpc) is 3.38. The van der Waals surface area contributed by atoms with Gasteiger partial charge in [-0.05, 0) is 37.0 Å². The minimum atomic E-state index is -0.485. The van der Waals surface area contributed by atoms with Crippen LogP contribution in [0, 0.1) is 0 Å². The number of anilines is 3. The molecule has 2 aromatic carbocycles. The summed E-state index contributed by atoms with van der Waals surface area (Å²) in [6.07, 6.45) is 2.54. The molecular formula is C25H29N5O4. The van der Waals surface area contributed by atoms with Crippen molar-refractivity contribution in [2.24, 2.45) is 7.05 Å². The summed E-state index contributed by atoms with van der Waals surface area (Å²) in [6, 6.07) is 14.2. The Labute approximate surface area is 197 Å². The quantitative estimate of drug-likeness (QED) is 0.399. The van der Waals surface area contributed by atoms with Gasteiger partial charge in [-0.1, -0.05) is 43.3 Å². The Kier molecular flexibility index (Phi) is 6.72. The first-order valence-electron chi connectivity index (χ1n) is 11.4. The second kappa shape index (κ2) is 9.86. The number of hydrogen-bond donors (Lipinski definition) is 4. The summed E-state index contributed by atoms with van der Waals surface area (Å²) in [5.41, 5.74) is 0.374. The van der Waals surface area contributed by atoms with E-state index in [1.165, 1.54) is 7.05 Å². The number of aromatic amines is 1. The Morgan fingerprint density at radius 2 is 1.76 bits per heavy atom. The maximum Gasteiger partial charge on any atom is 0.290 e. The maximum atomic E-state index is 13.0. The number of phenolic OH excluding ortho intramolecular Hbond substituents is 1. The third-order valence-electron chi connectivity index (χ3n) is 6.11. The Morgan fingerprint density at radius 3 is 2.44 bits per heavy atom. The van der Waals surface area contributed by atoms with Crippen molar-refractivity contribution < 1.29 is 9.90 Å². The monoisotopic (exact) mass is 463 g/mol. The number of para-hydroxylation sites is 1. The highest BCUT2D eigenvalue weighted by atomic mass is 16.3. The van der Waals surface area contributed by atoms with E-state index in [9.17, 15) is 19.5 Å². The number of hydrogen-bond acceptors (Lipinski definition) is 6. The van der Waals surface area contributed by atoms with Gasteiger partial charge in [-0.15, -0.1) is 0 Å². The number of amides is 1. The molecule has 4 rings (SSSR count). The molecule has 178 valence electrons. The molecule has 0 saturated carbocycles. The molecule has 1 atom stereocenters. The molecule has 1 amide bonds. The maximum absolute atomic E-state index is 13.0. The smallest absolute Gasteiger partial charge is 0.290 e. The van der Waals surface area contributed by atoms with Gasteiger partial charge in [0.2, 0.25) is 0 Å². The molecule has 2 heterocycles. The van der Waals surface area contributed by atoms with E-state index in [0.29, 0.717) is 19.5 Å². The molecule has 0 unspecified atom stereocenters. The predicted octanol–water partition coefficient (Wildman–Crippen LogP) is 3.32. The molecule has 4 N–H and O–H groups in total. The zero-order valence-corrected chi connectivity index (χ0v) is 19.3. The number of rotatable bonds is 7. The van der Waals surface area contributed by atoms with Crippen molar-refractivity contribution in [3.8, 4) is 5.75 Å². The Hall–Kier alpha value is -4.01. The van der Waals surface area contributed by atoms with Crippen molar-refractivity contribution in [3.63, 3.8) is 0 Å². The van der Waals surface area contributed by atoms with E-state index in [-0.39, 0.29) is 40.3 Å². The van der Waals surface area contributed by atoms with Crippen molar-refractivity contribution in [1.82, 2.24) is 14.7 Å². The minimum absolute atomic E-state index is 0.0123. The molecule has 1 aliphatic rings. The molecule has 0 aliphatic carbocycles. The first-order valence-corrected chi connectivity index (χ1v) is 11.4. The van der Waals surface area contributed by atoms with Crippen LogP contribution in [0.5, 0.6) is 5.75 Å². The van der Waals surface area contributed by atoms with E-state index in [2.05, 4.69) is 15.7 Å². The molecule has 1 saturated heterocycles. The number of benzene rings is 2. The summed E-state index contributed by atoms with van der Waals surface area (Å²) in [7, 11) is 1.44. The van der Waals surface area contributed by atoms with Gasteiger partial charge in [-0.25, -0.2) is 0 Å². The topological polar surface area (TPSA) is 119 Å². The predicted molar refractivity (Wildman–Crippen MR) is 132 cm³/mol. The number of phenols is 1. The van der Waals surface area contributed by atoms with Crippen LogP contribution in [-0.2, 0) is 7.05 Å². The number of nitrogens with one attached hydrogen (secondary N) is 3. The van der Waals surface area contributed by atoms with Crippen LogP contribution in [-0.4, -0.2) is 38.8 Å². The van der Waals surface area contributed by atoms with E-state index in [1.54, 1.807) is 23.1 Å². The van der Waals surface area contributed by atoms with Gasteiger partial charge in [0.15, 0.2) is 5.75 Å². The van der Waals surface area contributed by atoms with Gasteiger partial charge in [-0.3, -0.25) is 24.2 Å². The molecule has 1 aliphatic heterocycles. The number of carbonyl (C=O) groups is 1. The van der Waals surface area contributed by atoms with E-state index in [0.717, 1.165) is 23.1 Å². The number of nitrogens with zero attached hydrogens (tertiary/aromatic N) is 2. The fraction of sp³-hybridized carbons (Fsp3) is 0.320. The Balaban J connectivity index is 1.73. The highest BCUT2D eigenvalue weighted by Crippen LogP contribution is 2.33. The molecule has 0 bridgehead atoms. The molecule has 3 aromatic rings. The van der Waals surface area contributed by atoms with Gasteiger partial charge in [0, 0.05) is 20.1 Å². The van der Waals surface area contributed by atoms with Crippen LogP contribution < -0.4 is 21.8 Å². The lowest BCUT2D eigenvalue weighted by Gasteiger charge is -2.21. The zero-order valence-electron chi connectivity index (χ0n) is 19.3. The largest absolute Gasteiger partial charge is 0.505 e. The Bertz CT molecular complexity index is 1290. The second-order valence-electron chi connectivity index (χ2n) is 8.40. The molecule has 0 spiro atoms. The van der Waals surface area contributed by atoms with Crippen molar-refractivity contribution in [1.29, 1.82) is 0 Å². The Morgan fingerprint density at radius 1 is 1.06 bits per heavy atom. The minimum Gasteiger partial charge on any atom is -0.505 e. The third kappa shape index (κ3) is 4.54. The lowest BCUT2D eigenvalue weighted by atomic mass is 10.0. The van der Waals surface area contributed by atoms with Gasteiger partial charge in [0.1, 0.15) is 11.4 Å². The number of carbonyl (C=O) groups excluding carboxylic acids is 1. The van der Waals surface area contributed by atoms with Gasteiger partial charge in [0.05, 0.1) is 17.3 Å². The number of aromatic nitrogens is 2. The number of aryl methyl sites for hydroxylation is 1. The summed E-state index contributed by atoms with van der Waals surface area (Å²) < 4.78 is 1.08. The van der Waals surface area contributed by atoms with Crippen LogP contribution in [0.1, 0.15) is 48.1 Å². The highest BCUT2D eigenvalue weighted by molar-refractivity contribution is 5.99. The van der Waals surface area contributed by atoms with Crippen LogP contribution in [0.15, 0.2) is 58.1 Å². The van der Waals surface area contributed by atoms with Crippen molar-refractivity contribution >= 4 is 23.0 Å². The van der Waals surface area contributed by atoms with Crippen molar-refractivity contribution in [2.75, 3.05) is 23.7 Å². The number of aromatic hydroxyl groups is 1. The van der Waals surface area contributed by atoms with Gasteiger partial charge >= 0.3 is 0 Å². The van der Waals surface area contributed by atoms with E-state index in [1.807, 2.05) is 37.3 Å². The summed E-state index contributed by atoms with van der Waals surface area (Å²) in [5.74, 6) is -0.520. The number of H-pyrrole nitrogens is 1. The standard InChI is InChI=1S/C25H29N5O4/c1-3-18(16-10-5-4-6-11-16)26-20-21(25(34)29(2)28-23(20)32)27-19-13-9-12-17(22(19)31)24(33)30-14-7-8-15-30/h4-6,9-13,18,26-27,31H,3,7-8,14-15H2,1-2H3,(H,28,32)/t18-/m1/s1. The summed E-state index contributed by atoms with van der Waals surface area (Å²) in [5, 5.41) is 19.5. The molecule has 0 radical (unpaired) electrons. The SMILES string of the molecule is CC[C@@H](Nc1c(Nc2cccc(C(=O)N3CCCC3)c2O)c(=O)n(C)[nH]c1=O)c1ccccc1. The zero-order chi connectivity index (χ0) is 24.2. The average molecular weight is 464 g/mol. The normalized spacial score (nSPS) is 14.1. The summed E-state index contributed by atoms with van der Waals surface area (Å²) in [4.78, 5) is 40.5. The molecule has 1 fully saturated rings. The van der Waals surface area contributed by atoms with Crippen LogP contribution in [0.4, 0.5) is 17.1 Å².